The first-order valence-electron chi connectivity index (χ1n) is 10.0. The lowest BCUT2D eigenvalue weighted by Crippen LogP contribution is -2.35. The molecule has 0 amide bonds. The largest absolute Gasteiger partial charge is 0.401 e. The lowest BCUT2D eigenvalue weighted by atomic mass is 9.92. The van der Waals surface area contributed by atoms with Crippen molar-refractivity contribution in [3.8, 4) is 0 Å². The zero-order chi connectivity index (χ0) is 23.5. The van der Waals surface area contributed by atoms with Crippen LogP contribution in [0.25, 0.3) is 0 Å². The first-order chi connectivity index (χ1) is 14.5. The third-order valence-electron chi connectivity index (χ3n) is 5.32. The van der Waals surface area contributed by atoms with Crippen molar-refractivity contribution < 1.29 is 13.5 Å². The summed E-state index contributed by atoms with van der Waals surface area (Å²) in [5.74, 6) is -1.43. The number of likely N-dealkylation sites (N-methyl/N-ethyl adjacent to an activating group) is 2. The van der Waals surface area contributed by atoms with Gasteiger partial charge in [-0.2, -0.15) is 5.10 Å². The Kier molecular flexibility index (Phi) is 8.25. The number of nitrogens with two attached hydrogens (primary N) is 1. The maximum absolute atomic E-state index is 14.6. The molecule has 2 rings (SSSR count). The molecule has 7 nitrogen and oxygen atoms in total. The molecule has 1 aliphatic heterocycles. The average molecular weight is 457 g/mol. The molecule has 3 N–H and O–H groups in total. The van der Waals surface area contributed by atoms with Crippen LogP contribution < -0.4 is 5.73 Å². The van der Waals surface area contributed by atoms with Crippen LogP contribution >= 0.6 is 11.6 Å². The van der Waals surface area contributed by atoms with E-state index < -0.39 is 28.7 Å². The molecular formula is C21H31ClF2N6O. The van der Waals surface area contributed by atoms with Crippen LogP contribution in [0.4, 0.5) is 8.78 Å². The van der Waals surface area contributed by atoms with Crippen LogP contribution in [0.5, 0.6) is 0 Å². The van der Waals surface area contributed by atoms with Crippen LogP contribution in [-0.4, -0.2) is 73.5 Å². The van der Waals surface area contributed by atoms with Gasteiger partial charge in [0.15, 0.2) is 5.84 Å². The molecule has 2 unspecified atom stereocenters. The minimum absolute atomic E-state index is 0.141. The molecule has 1 aromatic carbocycles. The normalized spacial score (nSPS) is 16.7. The summed E-state index contributed by atoms with van der Waals surface area (Å²) in [6, 6.07) is 2.42. The molecule has 1 aliphatic rings. The monoisotopic (exact) mass is 456 g/mol. The fourth-order valence-electron chi connectivity index (χ4n) is 3.27. The van der Waals surface area contributed by atoms with Gasteiger partial charge >= 0.3 is 0 Å². The van der Waals surface area contributed by atoms with Gasteiger partial charge in [0.2, 0.25) is 0 Å². The smallest absolute Gasteiger partial charge is 0.152 e. The van der Waals surface area contributed by atoms with E-state index in [1.165, 1.54) is 6.07 Å². The van der Waals surface area contributed by atoms with Crippen molar-refractivity contribution in [3.05, 3.63) is 45.6 Å². The number of ether oxygens (including phenoxy) is 1. The number of hydrogen-bond donors (Lipinski definition) is 2. The van der Waals surface area contributed by atoms with Gasteiger partial charge in [-0.25, -0.2) is 8.78 Å². The van der Waals surface area contributed by atoms with E-state index in [2.05, 4.69) is 5.10 Å². The number of amidine groups is 2. The molecule has 0 bridgehead atoms. The van der Waals surface area contributed by atoms with Gasteiger partial charge < -0.3 is 20.3 Å². The number of hydrogen-bond acceptors (Lipinski definition) is 6. The molecule has 0 aliphatic carbocycles. The Labute approximate surface area is 187 Å². The van der Waals surface area contributed by atoms with Crippen LogP contribution in [0.2, 0.25) is 5.02 Å². The molecule has 0 radical (unpaired) electrons. The van der Waals surface area contributed by atoms with Crippen LogP contribution in [0.15, 0.2) is 28.5 Å². The Morgan fingerprint density at radius 1 is 1.35 bits per heavy atom. The van der Waals surface area contributed by atoms with Crippen molar-refractivity contribution >= 4 is 23.3 Å². The van der Waals surface area contributed by atoms with E-state index in [9.17, 15) is 8.78 Å². The van der Waals surface area contributed by atoms with Gasteiger partial charge in [-0.05, 0) is 25.5 Å². The van der Waals surface area contributed by atoms with E-state index in [0.29, 0.717) is 12.2 Å². The Balaban J connectivity index is 2.35. The quantitative estimate of drug-likeness (QED) is 0.356. The zero-order valence-electron chi connectivity index (χ0n) is 18.8. The predicted molar refractivity (Wildman–Crippen MR) is 120 cm³/mol. The maximum Gasteiger partial charge on any atom is 0.152 e. The first-order valence-corrected chi connectivity index (χ1v) is 10.4. The van der Waals surface area contributed by atoms with Gasteiger partial charge in [-0.15, -0.1) is 0 Å². The van der Waals surface area contributed by atoms with Crippen molar-refractivity contribution in [2.75, 3.05) is 41.0 Å². The van der Waals surface area contributed by atoms with Gasteiger partial charge in [0, 0.05) is 44.9 Å². The summed E-state index contributed by atoms with van der Waals surface area (Å²) < 4.78 is 34.2. The fraction of sp³-hybridized carbons (Fsp3) is 0.524. The highest BCUT2D eigenvalue weighted by molar-refractivity contribution is 6.31. The SMILES string of the molecule is CCN1CN(C)C(COC(C)/C(C(=N)N(C)C)=C(/N)C(C)c2ccc(F)c(Cl)c2F)=N1. The van der Waals surface area contributed by atoms with E-state index in [1.54, 1.807) is 32.8 Å². The van der Waals surface area contributed by atoms with Crippen molar-refractivity contribution in [3.63, 3.8) is 0 Å². The lowest BCUT2D eigenvalue weighted by molar-refractivity contribution is 0.120. The number of hydrazone groups is 1. The summed E-state index contributed by atoms with van der Waals surface area (Å²) in [4.78, 5) is 3.58. The summed E-state index contributed by atoms with van der Waals surface area (Å²) in [6.07, 6.45) is -0.567. The predicted octanol–water partition coefficient (Wildman–Crippen LogP) is 3.42. The highest BCUT2D eigenvalue weighted by Gasteiger charge is 2.27. The fourth-order valence-corrected chi connectivity index (χ4v) is 3.44. The van der Waals surface area contributed by atoms with E-state index in [1.807, 2.05) is 23.9 Å². The Hall–Kier alpha value is -2.39. The topological polar surface area (TPSA) is 81.2 Å². The van der Waals surface area contributed by atoms with Gasteiger partial charge in [0.25, 0.3) is 0 Å². The molecule has 0 spiro atoms. The summed E-state index contributed by atoms with van der Waals surface area (Å²) in [6.45, 7) is 7.20. The minimum atomic E-state index is -0.858. The summed E-state index contributed by atoms with van der Waals surface area (Å²) in [5.41, 5.74) is 7.25. The van der Waals surface area contributed by atoms with E-state index in [4.69, 9.17) is 27.5 Å². The molecule has 1 aromatic rings. The Bertz CT molecular complexity index is 889. The van der Waals surface area contributed by atoms with E-state index >= 15 is 0 Å². The number of rotatable bonds is 8. The van der Waals surface area contributed by atoms with Gasteiger partial charge in [-0.1, -0.05) is 24.6 Å². The van der Waals surface area contributed by atoms with Gasteiger partial charge in [0.1, 0.15) is 35.8 Å². The average Bonchev–Trinajstić information content (AvgIpc) is 3.09. The number of nitrogens with zero attached hydrogens (tertiary/aromatic N) is 4. The molecule has 31 heavy (non-hydrogen) atoms. The second-order valence-electron chi connectivity index (χ2n) is 7.73. The highest BCUT2D eigenvalue weighted by atomic mass is 35.5. The molecule has 0 saturated heterocycles. The lowest BCUT2D eigenvalue weighted by Gasteiger charge is -2.27. The number of halogens is 3. The van der Waals surface area contributed by atoms with Crippen molar-refractivity contribution in [1.29, 1.82) is 5.41 Å². The summed E-state index contributed by atoms with van der Waals surface area (Å²) in [7, 11) is 5.37. The molecule has 2 atom stereocenters. The third-order valence-corrected chi connectivity index (χ3v) is 5.66. The van der Waals surface area contributed by atoms with E-state index in [0.717, 1.165) is 18.4 Å². The summed E-state index contributed by atoms with van der Waals surface area (Å²) >= 11 is 5.74. The molecule has 0 aromatic heterocycles. The Morgan fingerprint density at radius 3 is 2.55 bits per heavy atom. The number of nitrogens with one attached hydrogen (secondary N) is 1. The first kappa shape index (κ1) is 24.9. The highest BCUT2D eigenvalue weighted by Crippen LogP contribution is 2.32. The minimum Gasteiger partial charge on any atom is -0.401 e. The molecule has 1 heterocycles. The number of allylic oxidation sites excluding steroid dienone is 1. The molecule has 0 saturated carbocycles. The van der Waals surface area contributed by atoms with Crippen molar-refractivity contribution in [2.24, 2.45) is 10.8 Å². The van der Waals surface area contributed by atoms with Crippen LogP contribution in [-0.2, 0) is 4.74 Å². The molecule has 10 heteroatoms. The molecule has 0 fully saturated rings. The van der Waals surface area contributed by atoms with Crippen LogP contribution in [0, 0.1) is 17.0 Å². The molecule has 172 valence electrons. The standard InChI is InChI=1S/C21H31ClF2N6O/c1-7-30-11-29(6)16(27-30)10-31-13(3)17(21(26)28(4)5)20(25)12(2)14-8-9-15(23)18(22)19(14)24/h8-9,12-13,26H,7,10-11,25H2,1-6H3/b20-17-,26-21?. The third kappa shape index (κ3) is 5.46. The summed E-state index contributed by atoms with van der Waals surface area (Å²) in [5, 5.41) is 14.4. The maximum atomic E-state index is 14.6. The second-order valence-corrected chi connectivity index (χ2v) is 8.11. The van der Waals surface area contributed by atoms with Gasteiger partial charge in [0.05, 0.1) is 6.10 Å². The van der Waals surface area contributed by atoms with Crippen LogP contribution in [0.1, 0.15) is 32.3 Å². The zero-order valence-corrected chi connectivity index (χ0v) is 19.6. The Morgan fingerprint density at radius 2 is 2.00 bits per heavy atom. The number of benzene rings is 1. The van der Waals surface area contributed by atoms with Crippen molar-refractivity contribution in [2.45, 2.75) is 32.8 Å². The second kappa shape index (κ2) is 10.3. The van der Waals surface area contributed by atoms with E-state index in [-0.39, 0.29) is 23.7 Å². The van der Waals surface area contributed by atoms with Gasteiger partial charge in [-0.3, -0.25) is 10.4 Å². The van der Waals surface area contributed by atoms with Crippen LogP contribution in [0.3, 0.4) is 0 Å². The molecular weight excluding hydrogens is 426 g/mol. The van der Waals surface area contributed by atoms with Crippen molar-refractivity contribution in [1.82, 2.24) is 14.8 Å².